The molecule has 0 radical (unpaired) electrons. The van der Waals surface area contributed by atoms with Gasteiger partial charge in [0.1, 0.15) is 0 Å². The van der Waals surface area contributed by atoms with E-state index in [1.165, 1.54) is 12.8 Å². The number of amides is 1. The molecule has 0 saturated heterocycles. The third-order valence-electron chi connectivity index (χ3n) is 3.32. The molecule has 1 fully saturated rings. The monoisotopic (exact) mass is 217 g/mol. The zero-order valence-electron chi connectivity index (χ0n) is 9.94. The topological polar surface area (TPSA) is 43.1 Å². The molecule has 2 unspecified atom stereocenters. The van der Waals surface area contributed by atoms with Gasteiger partial charge in [0.05, 0.1) is 0 Å². The summed E-state index contributed by atoms with van der Waals surface area (Å²) in [6.45, 7) is 4.49. The van der Waals surface area contributed by atoms with Crippen molar-refractivity contribution >= 4 is 5.91 Å². The average molecular weight is 217 g/mol. The summed E-state index contributed by atoms with van der Waals surface area (Å²) >= 11 is 0. The van der Waals surface area contributed by atoms with E-state index in [0.29, 0.717) is 11.5 Å². The second kappa shape index (κ2) is 4.28. The molecule has 2 atom stereocenters. The standard InChI is InChI=1S/C14H19NO/c1-9(2)7-10-8-13(10)11-5-3-4-6-12(11)14(15)16/h3-6,9-10,13H,7-8H2,1-2H3,(H2,15,16). The second-order valence-electron chi connectivity index (χ2n) is 5.18. The van der Waals surface area contributed by atoms with E-state index in [1.54, 1.807) is 0 Å². The van der Waals surface area contributed by atoms with Crippen LogP contribution in [0.25, 0.3) is 0 Å². The molecule has 1 aromatic rings. The highest BCUT2D eigenvalue weighted by Gasteiger charge is 2.39. The first-order chi connectivity index (χ1) is 7.59. The maximum absolute atomic E-state index is 11.3. The molecule has 16 heavy (non-hydrogen) atoms. The molecule has 1 amide bonds. The fourth-order valence-electron chi connectivity index (χ4n) is 2.54. The molecule has 1 aromatic carbocycles. The molecular formula is C14H19NO. The molecule has 0 heterocycles. The van der Waals surface area contributed by atoms with Crippen molar-refractivity contribution in [3.05, 3.63) is 35.4 Å². The molecule has 1 aliphatic rings. The van der Waals surface area contributed by atoms with Gasteiger partial charge < -0.3 is 5.73 Å². The Labute approximate surface area is 96.8 Å². The first-order valence-corrected chi connectivity index (χ1v) is 5.98. The van der Waals surface area contributed by atoms with E-state index in [1.807, 2.05) is 24.3 Å². The molecule has 2 rings (SSSR count). The van der Waals surface area contributed by atoms with Crippen molar-refractivity contribution in [2.75, 3.05) is 0 Å². The van der Waals surface area contributed by atoms with E-state index in [-0.39, 0.29) is 5.91 Å². The molecule has 86 valence electrons. The van der Waals surface area contributed by atoms with Crippen molar-refractivity contribution in [1.29, 1.82) is 0 Å². The first-order valence-electron chi connectivity index (χ1n) is 5.98. The molecule has 1 aliphatic carbocycles. The van der Waals surface area contributed by atoms with Crippen LogP contribution in [-0.2, 0) is 0 Å². The summed E-state index contributed by atoms with van der Waals surface area (Å²) in [5.74, 6) is 1.74. The molecule has 2 heteroatoms. The Hall–Kier alpha value is -1.31. The van der Waals surface area contributed by atoms with E-state index >= 15 is 0 Å². The lowest BCUT2D eigenvalue weighted by molar-refractivity contribution is 0.0999. The molecule has 0 aromatic heterocycles. The van der Waals surface area contributed by atoms with E-state index < -0.39 is 0 Å². The quantitative estimate of drug-likeness (QED) is 0.827. The Bertz CT molecular complexity index is 397. The van der Waals surface area contributed by atoms with E-state index in [0.717, 1.165) is 17.4 Å². The lowest BCUT2D eigenvalue weighted by Crippen LogP contribution is -2.13. The van der Waals surface area contributed by atoms with Crippen molar-refractivity contribution in [1.82, 2.24) is 0 Å². The maximum Gasteiger partial charge on any atom is 0.248 e. The van der Waals surface area contributed by atoms with Crippen LogP contribution in [0.15, 0.2) is 24.3 Å². The zero-order chi connectivity index (χ0) is 11.7. The number of nitrogens with two attached hydrogens (primary N) is 1. The Morgan fingerprint density at radius 3 is 2.75 bits per heavy atom. The summed E-state index contributed by atoms with van der Waals surface area (Å²) in [5.41, 5.74) is 7.25. The average Bonchev–Trinajstić information content (AvgIpc) is 2.96. The molecule has 1 saturated carbocycles. The van der Waals surface area contributed by atoms with Crippen molar-refractivity contribution in [2.24, 2.45) is 17.6 Å². The Balaban J connectivity index is 2.14. The molecule has 0 bridgehead atoms. The van der Waals surface area contributed by atoms with Crippen LogP contribution in [0.2, 0.25) is 0 Å². The van der Waals surface area contributed by atoms with Gasteiger partial charge in [-0.15, -0.1) is 0 Å². The normalized spacial score (nSPS) is 23.4. The predicted molar refractivity (Wildman–Crippen MR) is 65.3 cm³/mol. The largest absolute Gasteiger partial charge is 0.366 e. The summed E-state index contributed by atoms with van der Waals surface area (Å²) in [6, 6.07) is 7.75. The molecule has 2 N–H and O–H groups in total. The third-order valence-corrected chi connectivity index (χ3v) is 3.32. The van der Waals surface area contributed by atoms with Crippen molar-refractivity contribution in [2.45, 2.75) is 32.6 Å². The highest BCUT2D eigenvalue weighted by atomic mass is 16.1. The van der Waals surface area contributed by atoms with Crippen molar-refractivity contribution in [3.8, 4) is 0 Å². The first kappa shape index (κ1) is 11.2. The number of carbonyl (C=O) groups excluding carboxylic acids is 1. The van der Waals surface area contributed by atoms with Crippen LogP contribution < -0.4 is 5.73 Å². The van der Waals surface area contributed by atoms with Crippen LogP contribution in [0.4, 0.5) is 0 Å². The highest BCUT2D eigenvalue weighted by Crippen LogP contribution is 2.51. The van der Waals surface area contributed by atoms with Gasteiger partial charge >= 0.3 is 0 Å². The molecule has 0 aliphatic heterocycles. The van der Waals surface area contributed by atoms with E-state index in [2.05, 4.69) is 13.8 Å². The predicted octanol–water partition coefficient (Wildman–Crippen LogP) is 2.94. The zero-order valence-corrected chi connectivity index (χ0v) is 9.94. The summed E-state index contributed by atoms with van der Waals surface area (Å²) in [5, 5.41) is 0. The van der Waals surface area contributed by atoms with Gasteiger partial charge in [-0.3, -0.25) is 4.79 Å². The highest BCUT2D eigenvalue weighted by molar-refractivity contribution is 5.94. The van der Waals surface area contributed by atoms with Crippen LogP contribution in [0.1, 0.15) is 48.5 Å². The smallest absolute Gasteiger partial charge is 0.248 e. The Morgan fingerprint density at radius 1 is 1.44 bits per heavy atom. The van der Waals surface area contributed by atoms with Gasteiger partial charge in [-0.2, -0.15) is 0 Å². The molecule has 0 spiro atoms. The van der Waals surface area contributed by atoms with Gasteiger partial charge in [-0.1, -0.05) is 32.0 Å². The van der Waals surface area contributed by atoms with Crippen LogP contribution in [0.5, 0.6) is 0 Å². The lowest BCUT2D eigenvalue weighted by Gasteiger charge is -2.07. The van der Waals surface area contributed by atoms with Crippen molar-refractivity contribution in [3.63, 3.8) is 0 Å². The number of hydrogen-bond acceptors (Lipinski definition) is 1. The van der Waals surface area contributed by atoms with Gasteiger partial charge in [0, 0.05) is 5.56 Å². The number of carbonyl (C=O) groups is 1. The SMILES string of the molecule is CC(C)CC1CC1c1ccccc1C(N)=O. The fraction of sp³-hybridized carbons (Fsp3) is 0.500. The third kappa shape index (κ3) is 2.26. The number of benzene rings is 1. The summed E-state index contributed by atoms with van der Waals surface area (Å²) in [6.07, 6.45) is 2.46. The van der Waals surface area contributed by atoms with Crippen LogP contribution in [0.3, 0.4) is 0 Å². The Kier molecular flexibility index (Phi) is 2.99. The minimum Gasteiger partial charge on any atom is -0.366 e. The van der Waals surface area contributed by atoms with Crippen LogP contribution in [-0.4, -0.2) is 5.91 Å². The summed E-state index contributed by atoms with van der Waals surface area (Å²) in [7, 11) is 0. The summed E-state index contributed by atoms with van der Waals surface area (Å²) in [4.78, 5) is 11.3. The van der Waals surface area contributed by atoms with Crippen molar-refractivity contribution < 1.29 is 4.79 Å². The lowest BCUT2D eigenvalue weighted by atomic mass is 9.98. The van der Waals surface area contributed by atoms with E-state index in [4.69, 9.17) is 5.73 Å². The Morgan fingerprint density at radius 2 is 2.12 bits per heavy atom. The number of primary amides is 1. The maximum atomic E-state index is 11.3. The minimum absolute atomic E-state index is 0.300. The van der Waals surface area contributed by atoms with Gasteiger partial charge in [0.2, 0.25) is 5.91 Å². The van der Waals surface area contributed by atoms with Gasteiger partial charge in [-0.05, 0) is 42.2 Å². The van der Waals surface area contributed by atoms with Gasteiger partial charge in [0.15, 0.2) is 0 Å². The number of rotatable bonds is 4. The van der Waals surface area contributed by atoms with Crippen LogP contribution >= 0.6 is 0 Å². The fourth-order valence-corrected chi connectivity index (χ4v) is 2.54. The minimum atomic E-state index is -0.300. The van der Waals surface area contributed by atoms with Gasteiger partial charge in [-0.25, -0.2) is 0 Å². The molecule has 2 nitrogen and oxygen atoms in total. The van der Waals surface area contributed by atoms with E-state index in [9.17, 15) is 4.79 Å². The second-order valence-corrected chi connectivity index (χ2v) is 5.18. The summed E-state index contributed by atoms with van der Waals surface area (Å²) < 4.78 is 0. The van der Waals surface area contributed by atoms with Gasteiger partial charge in [0.25, 0.3) is 0 Å². The molecular weight excluding hydrogens is 198 g/mol. The van der Waals surface area contributed by atoms with Crippen LogP contribution in [0, 0.1) is 11.8 Å². The number of hydrogen-bond donors (Lipinski definition) is 1.